The Kier molecular flexibility index (Phi) is 7.41. The molecule has 1 aromatic rings. The fraction of sp³-hybridized carbons (Fsp3) is 0.733. The molecule has 1 heterocycles. The third-order valence-electron chi connectivity index (χ3n) is 3.18. The lowest BCUT2D eigenvalue weighted by Gasteiger charge is -2.19. The van der Waals surface area contributed by atoms with E-state index in [1.54, 1.807) is 6.33 Å². The number of nitrogens with zero attached hydrogens (tertiary/aromatic N) is 2. The fourth-order valence-corrected chi connectivity index (χ4v) is 2.16. The van der Waals surface area contributed by atoms with E-state index in [0.717, 1.165) is 36.5 Å². The molecule has 0 aliphatic rings. The number of ether oxygens (including phenoxy) is 1. The molecular formula is C15H27N3O. The Morgan fingerprint density at radius 2 is 2.00 bits per heavy atom. The molecule has 0 saturated heterocycles. The Balaban J connectivity index is 2.74. The third-order valence-corrected chi connectivity index (χ3v) is 3.18. The van der Waals surface area contributed by atoms with Crippen LogP contribution in [0.1, 0.15) is 51.3 Å². The summed E-state index contributed by atoms with van der Waals surface area (Å²) in [7, 11) is 0. The van der Waals surface area contributed by atoms with Crippen LogP contribution >= 0.6 is 0 Å². The lowest BCUT2D eigenvalue weighted by atomic mass is 10.0. The monoisotopic (exact) mass is 265 g/mol. The fourth-order valence-electron chi connectivity index (χ4n) is 2.16. The van der Waals surface area contributed by atoms with Crippen LogP contribution in [0.3, 0.4) is 0 Å². The molecule has 0 fully saturated rings. The van der Waals surface area contributed by atoms with Gasteiger partial charge in [0.2, 0.25) is 5.88 Å². The number of rotatable bonds is 9. The van der Waals surface area contributed by atoms with E-state index in [9.17, 15) is 0 Å². The van der Waals surface area contributed by atoms with Crippen molar-refractivity contribution in [2.24, 2.45) is 0 Å². The van der Waals surface area contributed by atoms with Crippen LogP contribution in [0.15, 0.2) is 6.33 Å². The van der Waals surface area contributed by atoms with E-state index in [0.29, 0.717) is 12.6 Å². The number of hydrogen-bond donors (Lipinski definition) is 1. The van der Waals surface area contributed by atoms with Crippen LogP contribution in [0.4, 0.5) is 0 Å². The van der Waals surface area contributed by atoms with Gasteiger partial charge in [-0.05, 0) is 33.2 Å². The molecular weight excluding hydrogens is 238 g/mol. The van der Waals surface area contributed by atoms with E-state index in [1.807, 2.05) is 13.8 Å². The maximum Gasteiger partial charge on any atom is 0.219 e. The van der Waals surface area contributed by atoms with Crippen molar-refractivity contribution in [1.29, 1.82) is 0 Å². The average molecular weight is 265 g/mol. The van der Waals surface area contributed by atoms with Gasteiger partial charge in [0, 0.05) is 18.0 Å². The summed E-state index contributed by atoms with van der Waals surface area (Å²) in [5.41, 5.74) is 2.17. The van der Waals surface area contributed by atoms with Crippen molar-refractivity contribution < 1.29 is 4.74 Å². The molecule has 4 heteroatoms. The van der Waals surface area contributed by atoms with Crippen LogP contribution in [0.2, 0.25) is 0 Å². The molecule has 4 nitrogen and oxygen atoms in total. The molecule has 0 aromatic carbocycles. The predicted molar refractivity (Wildman–Crippen MR) is 78.6 cm³/mol. The highest BCUT2D eigenvalue weighted by atomic mass is 16.5. The minimum atomic E-state index is 0.494. The Hall–Kier alpha value is -1.16. The first-order valence-electron chi connectivity index (χ1n) is 7.39. The number of nitrogens with one attached hydrogen (secondary N) is 1. The molecule has 1 N–H and O–H groups in total. The third kappa shape index (κ3) is 5.15. The van der Waals surface area contributed by atoms with Crippen LogP contribution in [-0.4, -0.2) is 29.2 Å². The van der Waals surface area contributed by atoms with Gasteiger partial charge in [0.25, 0.3) is 0 Å². The van der Waals surface area contributed by atoms with Crippen LogP contribution in [0.5, 0.6) is 5.88 Å². The van der Waals surface area contributed by atoms with Crippen LogP contribution in [0, 0.1) is 6.92 Å². The first-order valence-corrected chi connectivity index (χ1v) is 7.39. The summed E-state index contributed by atoms with van der Waals surface area (Å²) in [6, 6.07) is 0.494. The van der Waals surface area contributed by atoms with Gasteiger partial charge < -0.3 is 10.1 Å². The van der Waals surface area contributed by atoms with Crippen molar-refractivity contribution >= 4 is 0 Å². The SMILES string of the molecule is CCCNC(CCC)Cc1ncnc(OCC)c1C. The van der Waals surface area contributed by atoms with Gasteiger partial charge in [-0.3, -0.25) is 0 Å². The second kappa shape index (κ2) is 8.86. The lowest BCUT2D eigenvalue weighted by Crippen LogP contribution is -2.32. The Morgan fingerprint density at radius 3 is 2.63 bits per heavy atom. The smallest absolute Gasteiger partial charge is 0.219 e. The zero-order valence-electron chi connectivity index (χ0n) is 12.7. The van der Waals surface area contributed by atoms with Crippen LogP contribution in [-0.2, 0) is 6.42 Å². The van der Waals surface area contributed by atoms with E-state index in [2.05, 4.69) is 29.1 Å². The van der Waals surface area contributed by atoms with Crippen molar-refractivity contribution in [3.05, 3.63) is 17.6 Å². The summed E-state index contributed by atoms with van der Waals surface area (Å²) in [5.74, 6) is 0.721. The zero-order chi connectivity index (χ0) is 14.1. The van der Waals surface area contributed by atoms with Crippen molar-refractivity contribution in [3.63, 3.8) is 0 Å². The maximum absolute atomic E-state index is 5.53. The van der Waals surface area contributed by atoms with Gasteiger partial charge in [-0.2, -0.15) is 0 Å². The van der Waals surface area contributed by atoms with Crippen molar-refractivity contribution in [2.75, 3.05) is 13.2 Å². The molecule has 0 aliphatic heterocycles. The normalized spacial score (nSPS) is 12.4. The van der Waals surface area contributed by atoms with E-state index >= 15 is 0 Å². The Bertz CT molecular complexity index is 368. The average Bonchev–Trinajstić information content (AvgIpc) is 2.41. The minimum absolute atomic E-state index is 0.494. The molecule has 0 radical (unpaired) electrons. The first kappa shape index (κ1) is 15.9. The van der Waals surface area contributed by atoms with Crippen molar-refractivity contribution in [2.45, 2.75) is 59.4 Å². The molecule has 19 heavy (non-hydrogen) atoms. The topological polar surface area (TPSA) is 47.0 Å². The van der Waals surface area contributed by atoms with E-state index in [1.165, 1.54) is 12.8 Å². The quantitative estimate of drug-likeness (QED) is 0.746. The summed E-state index contributed by atoms with van der Waals surface area (Å²) >= 11 is 0. The highest BCUT2D eigenvalue weighted by Gasteiger charge is 2.13. The van der Waals surface area contributed by atoms with Gasteiger partial charge in [-0.25, -0.2) is 9.97 Å². The molecule has 0 bridgehead atoms. The predicted octanol–water partition coefficient (Wildman–Crippen LogP) is 2.89. The molecule has 108 valence electrons. The zero-order valence-corrected chi connectivity index (χ0v) is 12.7. The van der Waals surface area contributed by atoms with E-state index in [4.69, 9.17) is 4.74 Å². The van der Waals surface area contributed by atoms with Gasteiger partial charge in [0.05, 0.1) is 12.3 Å². The standard InChI is InChI=1S/C15H27N3O/c1-5-8-13(16-9-6-2)10-14-12(4)15(19-7-3)18-11-17-14/h11,13,16H,5-10H2,1-4H3. The molecule has 1 unspecified atom stereocenters. The highest BCUT2D eigenvalue weighted by molar-refractivity contribution is 5.28. The van der Waals surface area contributed by atoms with Crippen LogP contribution in [0.25, 0.3) is 0 Å². The first-order chi connectivity index (χ1) is 9.22. The van der Waals surface area contributed by atoms with Gasteiger partial charge >= 0.3 is 0 Å². The molecule has 0 saturated carbocycles. The Labute approximate surface area is 117 Å². The molecule has 1 rings (SSSR count). The Morgan fingerprint density at radius 1 is 1.21 bits per heavy atom. The second-order valence-corrected chi connectivity index (χ2v) is 4.83. The molecule has 0 aliphatic carbocycles. The molecule has 1 atom stereocenters. The van der Waals surface area contributed by atoms with Gasteiger partial charge in [0.15, 0.2) is 0 Å². The summed E-state index contributed by atoms with van der Waals surface area (Å²) in [6.45, 7) is 10.1. The molecule has 1 aromatic heterocycles. The maximum atomic E-state index is 5.53. The highest BCUT2D eigenvalue weighted by Crippen LogP contribution is 2.18. The minimum Gasteiger partial charge on any atom is -0.478 e. The van der Waals surface area contributed by atoms with Gasteiger partial charge in [-0.1, -0.05) is 20.3 Å². The second-order valence-electron chi connectivity index (χ2n) is 4.83. The summed E-state index contributed by atoms with van der Waals surface area (Å²) in [4.78, 5) is 8.61. The molecule has 0 amide bonds. The van der Waals surface area contributed by atoms with E-state index < -0.39 is 0 Å². The van der Waals surface area contributed by atoms with Gasteiger partial charge in [0.1, 0.15) is 6.33 Å². The van der Waals surface area contributed by atoms with Crippen molar-refractivity contribution in [3.8, 4) is 5.88 Å². The molecule has 0 spiro atoms. The number of aromatic nitrogens is 2. The van der Waals surface area contributed by atoms with Gasteiger partial charge in [-0.15, -0.1) is 0 Å². The van der Waals surface area contributed by atoms with Crippen molar-refractivity contribution in [1.82, 2.24) is 15.3 Å². The summed E-state index contributed by atoms with van der Waals surface area (Å²) in [6.07, 6.45) is 6.07. The summed E-state index contributed by atoms with van der Waals surface area (Å²) < 4.78 is 5.53. The lowest BCUT2D eigenvalue weighted by molar-refractivity contribution is 0.322. The van der Waals surface area contributed by atoms with Crippen LogP contribution < -0.4 is 10.1 Å². The van der Waals surface area contributed by atoms with E-state index in [-0.39, 0.29) is 0 Å². The largest absolute Gasteiger partial charge is 0.478 e. The summed E-state index contributed by atoms with van der Waals surface area (Å²) in [5, 5.41) is 3.60. The number of hydrogen-bond acceptors (Lipinski definition) is 4.